The Morgan fingerprint density at radius 2 is 2.40 bits per heavy atom. The second-order valence-electron chi connectivity index (χ2n) is 3.46. The second kappa shape index (κ2) is 7.28. The van der Waals surface area contributed by atoms with E-state index in [0.717, 1.165) is 18.6 Å². The first-order valence-corrected chi connectivity index (χ1v) is 7.23. The van der Waals surface area contributed by atoms with Crippen LogP contribution >= 0.6 is 23.1 Å². The lowest BCUT2D eigenvalue weighted by Gasteiger charge is -2.21. The quantitative estimate of drug-likeness (QED) is 0.726. The van der Waals surface area contributed by atoms with E-state index >= 15 is 0 Å². The van der Waals surface area contributed by atoms with Crippen LogP contribution in [0.25, 0.3) is 0 Å². The van der Waals surface area contributed by atoms with Gasteiger partial charge in [0, 0.05) is 17.5 Å². The van der Waals surface area contributed by atoms with Gasteiger partial charge in [0.05, 0.1) is 5.25 Å². The Labute approximate surface area is 99.9 Å². The zero-order chi connectivity index (χ0) is 11.1. The van der Waals surface area contributed by atoms with E-state index in [9.17, 15) is 0 Å². The number of thiophene rings is 1. The lowest BCUT2D eigenvalue weighted by Crippen LogP contribution is -2.25. The zero-order valence-corrected chi connectivity index (χ0v) is 10.7. The lowest BCUT2D eigenvalue weighted by molar-refractivity contribution is 0.296. The van der Waals surface area contributed by atoms with Crippen molar-refractivity contribution in [2.45, 2.75) is 31.1 Å². The van der Waals surface area contributed by atoms with Crippen molar-refractivity contribution in [3.05, 3.63) is 22.4 Å². The summed E-state index contributed by atoms with van der Waals surface area (Å²) in [7, 11) is 0. The van der Waals surface area contributed by atoms with Crippen molar-refractivity contribution in [3.63, 3.8) is 0 Å². The normalized spacial score (nSPS) is 15.1. The van der Waals surface area contributed by atoms with Crippen molar-refractivity contribution < 1.29 is 5.11 Å². The summed E-state index contributed by atoms with van der Waals surface area (Å²) in [5.74, 6) is 0.979. The molecule has 15 heavy (non-hydrogen) atoms. The SMILES string of the molecule is CCC(N)C(SCCCO)c1cccs1. The van der Waals surface area contributed by atoms with E-state index in [1.54, 1.807) is 11.3 Å². The fourth-order valence-electron chi connectivity index (χ4n) is 1.36. The highest BCUT2D eigenvalue weighted by Gasteiger charge is 2.19. The van der Waals surface area contributed by atoms with E-state index in [-0.39, 0.29) is 12.6 Å². The Morgan fingerprint density at radius 3 is 2.93 bits per heavy atom. The van der Waals surface area contributed by atoms with Crippen LogP contribution in [0.15, 0.2) is 17.5 Å². The summed E-state index contributed by atoms with van der Waals surface area (Å²) in [5, 5.41) is 11.2. The number of hydrogen-bond donors (Lipinski definition) is 2. The average Bonchev–Trinajstić information content (AvgIpc) is 2.77. The van der Waals surface area contributed by atoms with Gasteiger partial charge in [0.1, 0.15) is 0 Å². The van der Waals surface area contributed by atoms with Crippen LogP contribution in [0.5, 0.6) is 0 Å². The van der Waals surface area contributed by atoms with E-state index in [4.69, 9.17) is 10.8 Å². The molecule has 4 heteroatoms. The van der Waals surface area contributed by atoms with Crippen LogP contribution in [0, 0.1) is 0 Å². The van der Waals surface area contributed by atoms with E-state index in [1.807, 2.05) is 11.8 Å². The number of nitrogens with two attached hydrogens (primary N) is 1. The maximum Gasteiger partial charge on any atom is 0.0542 e. The minimum atomic E-state index is 0.215. The van der Waals surface area contributed by atoms with Gasteiger partial charge in [-0.3, -0.25) is 0 Å². The molecule has 0 amide bonds. The number of thioether (sulfide) groups is 1. The van der Waals surface area contributed by atoms with Gasteiger partial charge in [-0.1, -0.05) is 13.0 Å². The Bertz CT molecular complexity index is 251. The molecule has 0 aliphatic carbocycles. The molecule has 0 aromatic carbocycles. The monoisotopic (exact) mass is 245 g/mol. The first kappa shape index (κ1) is 13.0. The molecule has 3 N–H and O–H groups in total. The number of aliphatic hydroxyl groups excluding tert-OH is 1. The molecule has 86 valence electrons. The minimum absolute atomic E-state index is 0.215. The molecule has 0 fully saturated rings. The molecule has 0 saturated carbocycles. The van der Waals surface area contributed by atoms with Crippen molar-refractivity contribution >= 4 is 23.1 Å². The molecule has 0 aliphatic rings. The van der Waals surface area contributed by atoms with Gasteiger partial charge in [-0.25, -0.2) is 0 Å². The van der Waals surface area contributed by atoms with Gasteiger partial charge in [-0.15, -0.1) is 11.3 Å². The highest BCUT2D eigenvalue weighted by molar-refractivity contribution is 7.99. The topological polar surface area (TPSA) is 46.2 Å². The van der Waals surface area contributed by atoms with Gasteiger partial charge < -0.3 is 10.8 Å². The van der Waals surface area contributed by atoms with Gasteiger partial charge >= 0.3 is 0 Å². The first-order valence-electron chi connectivity index (χ1n) is 5.31. The summed E-state index contributed by atoms with van der Waals surface area (Å²) in [5.41, 5.74) is 6.11. The Morgan fingerprint density at radius 1 is 1.60 bits per heavy atom. The number of hydrogen-bond acceptors (Lipinski definition) is 4. The lowest BCUT2D eigenvalue weighted by atomic mass is 10.1. The predicted molar refractivity (Wildman–Crippen MR) is 69.5 cm³/mol. The Balaban J connectivity index is 2.54. The Kier molecular flexibility index (Phi) is 6.32. The molecule has 2 unspecified atom stereocenters. The number of rotatable bonds is 7. The highest BCUT2D eigenvalue weighted by Crippen LogP contribution is 2.35. The van der Waals surface area contributed by atoms with Crippen LogP contribution in [-0.4, -0.2) is 23.5 Å². The summed E-state index contributed by atoms with van der Waals surface area (Å²) < 4.78 is 0. The predicted octanol–water partition coefficient (Wildman–Crippen LogP) is 2.64. The maximum atomic E-state index is 8.76. The van der Waals surface area contributed by atoms with Crippen molar-refractivity contribution in [3.8, 4) is 0 Å². The maximum absolute atomic E-state index is 8.76. The zero-order valence-electron chi connectivity index (χ0n) is 9.06. The smallest absolute Gasteiger partial charge is 0.0542 e. The average molecular weight is 245 g/mol. The second-order valence-corrected chi connectivity index (χ2v) is 5.68. The number of aliphatic hydroxyl groups is 1. The van der Waals surface area contributed by atoms with Gasteiger partial charge in [-0.05, 0) is 30.0 Å². The van der Waals surface area contributed by atoms with Crippen LogP contribution in [0.3, 0.4) is 0 Å². The molecule has 0 radical (unpaired) electrons. The van der Waals surface area contributed by atoms with Crippen molar-refractivity contribution in [1.29, 1.82) is 0 Å². The van der Waals surface area contributed by atoms with E-state index in [0.29, 0.717) is 5.25 Å². The van der Waals surface area contributed by atoms with Gasteiger partial charge in [0.2, 0.25) is 0 Å². The van der Waals surface area contributed by atoms with E-state index in [2.05, 4.69) is 24.4 Å². The van der Waals surface area contributed by atoms with Crippen LogP contribution in [0.4, 0.5) is 0 Å². The van der Waals surface area contributed by atoms with Crippen LogP contribution < -0.4 is 5.73 Å². The van der Waals surface area contributed by atoms with Crippen molar-refractivity contribution in [2.75, 3.05) is 12.4 Å². The summed E-state index contributed by atoms with van der Waals surface area (Å²) >= 11 is 3.63. The summed E-state index contributed by atoms with van der Waals surface area (Å²) in [6.07, 6.45) is 1.84. The molecule has 2 atom stereocenters. The van der Waals surface area contributed by atoms with Gasteiger partial charge in [-0.2, -0.15) is 11.8 Å². The van der Waals surface area contributed by atoms with Gasteiger partial charge in [0.15, 0.2) is 0 Å². The molecule has 0 bridgehead atoms. The van der Waals surface area contributed by atoms with Crippen LogP contribution in [0.2, 0.25) is 0 Å². The molecule has 0 aliphatic heterocycles. The summed E-state index contributed by atoms with van der Waals surface area (Å²) in [4.78, 5) is 1.35. The molecule has 1 heterocycles. The molecule has 1 rings (SSSR count). The molecular weight excluding hydrogens is 226 g/mol. The molecular formula is C11H19NOS2. The van der Waals surface area contributed by atoms with Crippen LogP contribution in [0.1, 0.15) is 29.9 Å². The van der Waals surface area contributed by atoms with Crippen LogP contribution in [-0.2, 0) is 0 Å². The highest BCUT2D eigenvalue weighted by atomic mass is 32.2. The van der Waals surface area contributed by atoms with E-state index < -0.39 is 0 Å². The minimum Gasteiger partial charge on any atom is -0.396 e. The standard InChI is InChI=1S/C11H19NOS2/c1-2-9(12)11(15-8-4-6-13)10-5-3-7-14-10/h3,5,7,9,11,13H,2,4,6,8,12H2,1H3. The molecule has 0 spiro atoms. The largest absolute Gasteiger partial charge is 0.396 e. The van der Waals surface area contributed by atoms with Crippen molar-refractivity contribution in [1.82, 2.24) is 0 Å². The van der Waals surface area contributed by atoms with E-state index in [1.165, 1.54) is 4.88 Å². The molecule has 0 saturated heterocycles. The summed E-state index contributed by atoms with van der Waals surface area (Å²) in [6.45, 7) is 2.39. The first-order chi connectivity index (χ1) is 7.29. The molecule has 1 aromatic rings. The third-order valence-electron chi connectivity index (χ3n) is 2.28. The third-order valence-corrected chi connectivity index (χ3v) is 4.88. The summed E-state index contributed by atoms with van der Waals surface area (Å²) in [6, 6.07) is 4.44. The fourth-order valence-corrected chi connectivity index (χ4v) is 3.74. The van der Waals surface area contributed by atoms with Crippen molar-refractivity contribution in [2.24, 2.45) is 5.73 Å². The Hall–Kier alpha value is -0.0300. The fraction of sp³-hybridized carbons (Fsp3) is 0.636. The van der Waals surface area contributed by atoms with Gasteiger partial charge in [0.25, 0.3) is 0 Å². The molecule has 2 nitrogen and oxygen atoms in total. The molecule has 1 aromatic heterocycles. The third kappa shape index (κ3) is 4.15.